The van der Waals surface area contributed by atoms with Crippen molar-refractivity contribution in [2.24, 2.45) is 0 Å². The van der Waals surface area contributed by atoms with Crippen molar-refractivity contribution < 1.29 is 4.79 Å². The summed E-state index contributed by atoms with van der Waals surface area (Å²) in [7, 11) is 0. The first-order valence-electron chi connectivity index (χ1n) is 8.87. The Bertz CT molecular complexity index is 1170. The van der Waals surface area contributed by atoms with E-state index in [4.69, 9.17) is 0 Å². The number of para-hydroxylation sites is 1. The minimum Gasteiger partial charge on any atom is -0.310 e. The molecule has 4 heterocycles. The smallest absolute Gasteiger partial charge is 0.226 e. The van der Waals surface area contributed by atoms with Gasteiger partial charge in [-0.15, -0.1) is 0 Å². The van der Waals surface area contributed by atoms with Crippen LogP contribution in [0.5, 0.6) is 0 Å². The van der Waals surface area contributed by atoms with Crippen LogP contribution in [0.1, 0.15) is 34.9 Å². The van der Waals surface area contributed by atoms with Crippen LogP contribution < -0.4 is 5.32 Å². The van der Waals surface area contributed by atoms with Gasteiger partial charge < -0.3 is 5.32 Å². The number of fused-ring (bicyclic) bond motifs is 2. The van der Waals surface area contributed by atoms with E-state index in [1.54, 1.807) is 4.68 Å². The number of anilines is 1. The molecule has 4 aromatic rings. The van der Waals surface area contributed by atoms with Gasteiger partial charge in [-0.3, -0.25) is 4.79 Å². The number of nitrogens with one attached hydrogen (secondary N) is 1. The van der Waals surface area contributed by atoms with E-state index in [-0.39, 0.29) is 11.8 Å². The highest BCUT2D eigenvalue weighted by molar-refractivity contribution is 5.95. The number of hydrogen-bond acceptors (Lipinski definition) is 4. The third kappa shape index (κ3) is 2.43. The summed E-state index contributed by atoms with van der Waals surface area (Å²) in [4.78, 5) is 17.2. The van der Waals surface area contributed by atoms with Crippen molar-refractivity contribution in [3.8, 4) is 5.69 Å². The molecule has 1 amide bonds. The maximum Gasteiger partial charge on any atom is 0.226 e. The maximum atomic E-state index is 12.5. The highest BCUT2D eigenvalue weighted by Gasteiger charge is 2.32. The highest BCUT2D eigenvalue weighted by Crippen LogP contribution is 2.39. The number of benzene rings is 1. The van der Waals surface area contributed by atoms with Crippen molar-refractivity contribution >= 4 is 17.4 Å². The van der Waals surface area contributed by atoms with E-state index in [9.17, 15) is 4.79 Å². The molecule has 1 N–H and O–H groups in total. The van der Waals surface area contributed by atoms with E-state index in [1.165, 1.54) is 0 Å². The summed E-state index contributed by atoms with van der Waals surface area (Å²) in [6.07, 6.45) is 4.00. The molecule has 0 fully saturated rings. The third-order valence-electron chi connectivity index (χ3n) is 5.00. The first-order chi connectivity index (χ1) is 13.1. The SMILES string of the molecule is Cc1cc(C)n2ncc(C3CC(=O)Nc4c3cnn4-c3ccccc3)c2n1. The zero-order valence-electron chi connectivity index (χ0n) is 15.0. The van der Waals surface area contributed by atoms with Crippen LogP contribution in [0.2, 0.25) is 0 Å². The van der Waals surface area contributed by atoms with Crippen LogP contribution in [0.25, 0.3) is 11.3 Å². The van der Waals surface area contributed by atoms with Gasteiger partial charge in [-0.25, -0.2) is 14.2 Å². The second-order valence-corrected chi connectivity index (χ2v) is 6.87. The standard InChI is InChI=1S/C20H18N6O/c1-12-8-13(2)25-19(23-12)16(10-21-25)15-9-18(27)24-20-17(15)11-22-26(20)14-6-4-3-5-7-14/h3-8,10-11,15H,9H2,1-2H3,(H,24,27). The largest absolute Gasteiger partial charge is 0.310 e. The third-order valence-corrected chi connectivity index (χ3v) is 5.00. The van der Waals surface area contributed by atoms with E-state index in [2.05, 4.69) is 20.5 Å². The Hall–Kier alpha value is -3.48. The molecule has 1 atom stereocenters. The van der Waals surface area contributed by atoms with Gasteiger partial charge in [-0.05, 0) is 32.0 Å². The summed E-state index contributed by atoms with van der Waals surface area (Å²) in [6, 6.07) is 11.8. The quantitative estimate of drug-likeness (QED) is 0.598. The van der Waals surface area contributed by atoms with Crippen molar-refractivity contribution in [3.63, 3.8) is 0 Å². The van der Waals surface area contributed by atoms with Crippen LogP contribution >= 0.6 is 0 Å². The lowest BCUT2D eigenvalue weighted by Gasteiger charge is -2.22. The molecule has 7 heteroatoms. The molecule has 134 valence electrons. The molecule has 0 saturated carbocycles. The topological polar surface area (TPSA) is 77.1 Å². The van der Waals surface area contributed by atoms with Crippen LogP contribution in [-0.2, 0) is 4.79 Å². The summed E-state index contributed by atoms with van der Waals surface area (Å²) in [5, 5.41) is 12.0. The molecule has 0 saturated heterocycles. The number of aryl methyl sites for hydroxylation is 2. The van der Waals surface area contributed by atoms with Crippen LogP contribution in [0.3, 0.4) is 0 Å². The van der Waals surface area contributed by atoms with Crippen molar-refractivity contribution in [1.29, 1.82) is 0 Å². The second-order valence-electron chi connectivity index (χ2n) is 6.87. The van der Waals surface area contributed by atoms with Gasteiger partial charge >= 0.3 is 0 Å². The molecular weight excluding hydrogens is 340 g/mol. The summed E-state index contributed by atoms with van der Waals surface area (Å²) >= 11 is 0. The van der Waals surface area contributed by atoms with Crippen molar-refractivity contribution in [3.05, 3.63) is 71.3 Å². The molecule has 7 nitrogen and oxygen atoms in total. The molecule has 0 spiro atoms. The number of nitrogens with zero attached hydrogens (tertiary/aromatic N) is 5. The molecule has 1 aromatic carbocycles. The molecular formula is C20H18N6O. The molecule has 0 bridgehead atoms. The zero-order chi connectivity index (χ0) is 18.5. The number of hydrogen-bond donors (Lipinski definition) is 1. The number of rotatable bonds is 2. The molecule has 0 radical (unpaired) electrons. The molecule has 1 aliphatic rings. The van der Waals surface area contributed by atoms with Crippen LogP contribution in [0.15, 0.2) is 48.8 Å². The van der Waals surface area contributed by atoms with E-state index >= 15 is 0 Å². The van der Waals surface area contributed by atoms with E-state index in [0.717, 1.165) is 33.8 Å². The van der Waals surface area contributed by atoms with Gasteiger partial charge in [0.25, 0.3) is 0 Å². The van der Waals surface area contributed by atoms with Crippen molar-refractivity contribution in [1.82, 2.24) is 24.4 Å². The van der Waals surface area contributed by atoms with Gasteiger partial charge in [0.1, 0.15) is 5.82 Å². The van der Waals surface area contributed by atoms with Crippen LogP contribution in [-0.4, -0.2) is 30.3 Å². The highest BCUT2D eigenvalue weighted by atomic mass is 16.1. The molecule has 27 heavy (non-hydrogen) atoms. The Kier molecular flexibility index (Phi) is 3.36. The fourth-order valence-corrected chi connectivity index (χ4v) is 3.80. The lowest BCUT2D eigenvalue weighted by molar-refractivity contribution is -0.116. The van der Waals surface area contributed by atoms with E-state index in [0.29, 0.717) is 12.2 Å². The first kappa shape index (κ1) is 15.7. The summed E-state index contributed by atoms with van der Waals surface area (Å²) < 4.78 is 3.60. The van der Waals surface area contributed by atoms with Gasteiger partial charge in [0.15, 0.2) is 5.65 Å². The average molecular weight is 358 g/mol. The predicted molar refractivity (Wildman–Crippen MR) is 101 cm³/mol. The fourth-order valence-electron chi connectivity index (χ4n) is 3.80. The summed E-state index contributed by atoms with van der Waals surface area (Å²) in [5.74, 6) is 0.553. The first-order valence-corrected chi connectivity index (χ1v) is 8.87. The van der Waals surface area contributed by atoms with Gasteiger partial charge in [0.05, 0.1) is 18.1 Å². The lowest BCUT2D eigenvalue weighted by atomic mass is 9.89. The summed E-state index contributed by atoms with van der Waals surface area (Å²) in [6.45, 7) is 3.97. The average Bonchev–Trinajstić information content (AvgIpc) is 3.26. The second kappa shape index (κ2) is 5.77. The van der Waals surface area contributed by atoms with Gasteiger partial charge in [0.2, 0.25) is 5.91 Å². The fraction of sp³-hybridized carbons (Fsp3) is 0.200. The Morgan fingerprint density at radius 2 is 1.85 bits per heavy atom. The van der Waals surface area contributed by atoms with Gasteiger partial charge in [-0.1, -0.05) is 18.2 Å². The Labute approximate surface area is 155 Å². The van der Waals surface area contributed by atoms with Gasteiger partial charge in [0, 0.05) is 34.9 Å². The number of aromatic nitrogens is 5. The predicted octanol–water partition coefficient (Wildman–Crippen LogP) is 3.01. The summed E-state index contributed by atoms with van der Waals surface area (Å²) in [5.41, 5.74) is 5.58. The van der Waals surface area contributed by atoms with Crippen LogP contribution in [0, 0.1) is 13.8 Å². The molecule has 1 unspecified atom stereocenters. The normalized spacial score (nSPS) is 16.4. The number of carbonyl (C=O) groups is 1. The van der Waals surface area contributed by atoms with Crippen molar-refractivity contribution in [2.45, 2.75) is 26.2 Å². The molecule has 0 aliphatic carbocycles. The zero-order valence-corrected chi connectivity index (χ0v) is 15.0. The Balaban J connectivity index is 1.69. The number of carbonyl (C=O) groups excluding carboxylic acids is 1. The molecule has 1 aliphatic heterocycles. The van der Waals surface area contributed by atoms with Crippen LogP contribution in [0.4, 0.5) is 5.82 Å². The van der Waals surface area contributed by atoms with E-state index in [1.807, 2.05) is 67.2 Å². The van der Waals surface area contributed by atoms with E-state index < -0.39 is 0 Å². The molecule has 5 rings (SSSR count). The minimum absolute atomic E-state index is 0.0334. The lowest BCUT2D eigenvalue weighted by Crippen LogP contribution is -2.24. The molecule has 3 aromatic heterocycles. The maximum absolute atomic E-state index is 12.5. The monoisotopic (exact) mass is 358 g/mol. The van der Waals surface area contributed by atoms with Gasteiger partial charge in [-0.2, -0.15) is 10.2 Å². The Morgan fingerprint density at radius 3 is 2.67 bits per heavy atom. The number of amides is 1. The minimum atomic E-state index is -0.127. The van der Waals surface area contributed by atoms with Crippen molar-refractivity contribution in [2.75, 3.05) is 5.32 Å². The Morgan fingerprint density at radius 1 is 1.07 bits per heavy atom.